The van der Waals surface area contributed by atoms with Crippen LogP contribution in [0.25, 0.3) is 16.7 Å². The molecular weight excluding hydrogens is 569 g/mol. The highest BCUT2D eigenvalue weighted by Crippen LogP contribution is 2.51. The highest BCUT2D eigenvalue weighted by atomic mass is 32.3. The van der Waals surface area contributed by atoms with Crippen molar-refractivity contribution in [3.8, 4) is 34.1 Å². The first-order valence-corrected chi connectivity index (χ1v) is 15.2. The zero-order valence-corrected chi connectivity index (χ0v) is 25.8. The molecule has 0 fully saturated rings. The molecular formula is C34H36FNO6S. The van der Waals surface area contributed by atoms with Gasteiger partial charge in [-0.3, -0.25) is 9.11 Å². The Hall–Kier alpha value is -4.18. The number of ether oxygens (including phenoxy) is 3. The van der Waals surface area contributed by atoms with Gasteiger partial charge in [-0.25, -0.2) is 4.39 Å². The van der Waals surface area contributed by atoms with Crippen LogP contribution in [0.1, 0.15) is 37.5 Å². The molecule has 0 radical (unpaired) electrons. The first-order valence-electron chi connectivity index (χ1n) is 13.7. The van der Waals surface area contributed by atoms with E-state index in [4.69, 9.17) is 18.4 Å². The monoisotopic (exact) mass is 605 g/mol. The van der Waals surface area contributed by atoms with Gasteiger partial charge in [0.1, 0.15) is 35.4 Å². The Morgan fingerprint density at radius 1 is 0.837 bits per heavy atom. The number of methoxy groups -OCH3 is 2. The molecule has 1 aliphatic rings. The maximum atomic E-state index is 14.1. The Balaban J connectivity index is 1.56. The van der Waals surface area contributed by atoms with Crippen molar-refractivity contribution in [3.05, 3.63) is 101 Å². The molecule has 43 heavy (non-hydrogen) atoms. The van der Waals surface area contributed by atoms with Crippen LogP contribution < -0.4 is 23.7 Å². The van der Waals surface area contributed by atoms with Crippen LogP contribution in [0.3, 0.4) is 0 Å². The quantitative estimate of drug-likeness (QED) is 0.175. The van der Waals surface area contributed by atoms with Crippen molar-refractivity contribution >= 4 is 22.1 Å². The van der Waals surface area contributed by atoms with Gasteiger partial charge in [0.15, 0.2) is 10.9 Å². The number of halogens is 1. The minimum Gasteiger partial charge on any atom is -0.497 e. The lowest BCUT2D eigenvalue weighted by Crippen LogP contribution is -2.32. The van der Waals surface area contributed by atoms with E-state index in [1.54, 1.807) is 43.5 Å². The fourth-order valence-electron chi connectivity index (χ4n) is 5.38. The second kappa shape index (κ2) is 11.8. The Kier molecular flexibility index (Phi) is 8.34. The minimum atomic E-state index is -3.64. The molecule has 1 aliphatic heterocycles. The van der Waals surface area contributed by atoms with Crippen molar-refractivity contribution in [2.24, 2.45) is 0 Å². The molecule has 0 unspecified atom stereocenters. The van der Waals surface area contributed by atoms with E-state index in [9.17, 15) is 13.5 Å². The van der Waals surface area contributed by atoms with E-state index in [1.165, 1.54) is 25.3 Å². The normalized spacial score (nSPS) is 14.2. The summed E-state index contributed by atoms with van der Waals surface area (Å²) in [6.07, 6.45) is 2.17. The summed E-state index contributed by atoms with van der Waals surface area (Å²) in [4.78, 5) is 0.189. The molecule has 0 aromatic heterocycles. The van der Waals surface area contributed by atoms with Gasteiger partial charge >= 0.3 is 0 Å². The summed E-state index contributed by atoms with van der Waals surface area (Å²) in [6, 6.07) is 20.1. The van der Waals surface area contributed by atoms with Gasteiger partial charge in [0, 0.05) is 34.5 Å². The van der Waals surface area contributed by atoms with Gasteiger partial charge in [-0.1, -0.05) is 24.3 Å². The maximum absolute atomic E-state index is 14.1. The van der Waals surface area contributed by atoms with Gasteiger partial charge in [-0.2, -0.15) is 0 Å². The van der Waals surface area contributed by atoms with Crippen LogP contribution >= 0.6 is 10.9 Å². The molecule has 226 valence electrons. The number of allylic oxidation sites excluding steroid dienone is 1. The zero-order chi connectivity index (χ0) is 30.9. The fourth-order valence-corrected chi connectivity index (χ4v) is 6.37. The Labute approximate surface area is 253 Å². The third-order valence-corrected chi connectivity index (χ3v) is 8.58. The smallest absolute Gasteiger partial charge is 0.161 e. The first kappa shape index (κ1) is 30.3. The molecule has 5 rings (SSSR count). The van der Waals surface area contributed by atoms with E-state index in [0.717, 1.165) is 39.1 Å². The standard InChI is InChI=1S/C34H36FNO6S/c1-21-10-11-23(35)16-31(21)41-20-29-27(14-15-30-33(29)22(2)19-34(3,4)36-30)28-13-12-25(18-32(28)40-6)42-43(37,38)26-9-7-8-24(17-26)39-5/h7-19,36-38H,20H2,1-6H3. The lowest BCUT2D eigenvalue weighted by Gasteiger charge is -2.33. The Morgan fingerprint density at radius 3 is 2.35 bits per heavy atom. The number of anilines is 1. The Morgan fingerprint density at radius 2 is 1.60 bits per heavy atom. The summed E-state index contributed by atoms with van der Waals surface area (Å²) in [7, 11) is -0.589. The van der Waals surface area contributed by atoms with Gasteiger partial charge in [0.2, 0.25) is 0 Å². The lowest BCUT2D eigenvalue weighted by atomic mass is 9.85. The van der Waals surface area contributed by atoms with Crippen LogP contribution in [-0.4, -0.2) is 28.9 Å². The fraction of sp³-hybridized carbons (Fsp3) is 0.235. The van der Waals surface area contributed by atoms with Gasteiger partial charge in [-0.05, 0) is 86.9 Å². The summed E-state index contributed by atoms with van der Waals surface area (Å²) in [5, 5.41) is 3.59. The number of nitrogens with one attached hydrogen (secondary N) is 1. The highest BCUT2D eigenvalue weighted by molar-refractivity contribution is 8.20. The topological polar surface area (TPSA) is 89.4 Å². The third-order valence-electron chi connectivity index (χ3n) is 7.29. The summed E-state index contributed by atoms with van der Waals surface area (Å²) in [5.41, 5.74) is 6.14. The van der Waals surface area contributed by atoms with Crippen LogP contribution in [-0.2, 0) is 6.61 Å². The van der Waals surface area contributed by atoms with Crippen molar-refractivity contribution in [3.63, 3.8) is 0 Å². The lowest BCUT2D eigenvalue weighted by molar-refractivity contribution is 0.302. The molecule has 0 saturated heterocycles. The number of rotatable bonds is 9. The summed E-state index contributed by atoms with van der Waals surface area (Å²) in [6.45, 7) is 8.34. The van der Waals surface area contributed by atoms with Crippen molar-refractivity contribution < 1.29 is 31.9 Å². The predicted molar refractivity (Wildman–Crippen MR) is 170 cm³/mol. The first-order chi connectivity index (χ1) is 20.4. The van der Waals surface area contributed by atoms with E-state index < -0.39 is 10.9 Å². The van der Waals surface area contributed by atoms with Crippen LogP contribution in [0.15, 0.2) is 83.8 Å². The van der Waals surface area contributed by atoms with Gasteiger partial charge in [0.05, 0.1) is 24.7 Å². The molecule has 9 heteroatoms. The second-order valence-corrected chi connectivity index (χ2v) is 12.6. The van der Waals surface area contributed by atoms with Crippen LogP contribution in [0.4, 0.5) is 10.1 Å². The third kappa shape index (κ3) is 6.44. The van der Waals surface area contributed by atoms with Crippen LogP contribution in [0.2, 0.25) is 0 Å². The molecule has 0 saturated carbocycles. The van der Waals surface area contributed by atoms with Gasteiger partial charge in [0.25, 0.3) is 0 Å². The zero-order valence-electron chi connectivity index (χ0n) is 25.0. The Bertz CT molecular complexity index is 1700. The molecule has 0 atom stereocenters. The minimum absolute atomic E-state index is 0.174. The number of fused-ring (bicyclic) bond motifs is 1. The van der Waals surface area contributed by atoms with E-state index in [0.29, 0.717) is 17.2 Å². The summed E-state index contributed by atoms with van der Waals surface area (Å²) in [5.74, 6) is 1.26. The van der Waals surface area contributed by atoms with Crippen molar-refractivity contribution in [1.29, 1.82) is 0 Å². The second-order valence-electron chi connectivity index (χ2n) is 11.0. The van der Waals surface area contributed by atoms with Crippen LogP contribution in [0.5, 0.6) is 23.0 Å². The average Bonchev–Trinajstić information content (AvgIpc) is 2.96. The average molecular weight is 606 g/mol. The number of benzene rings is 4. The van der Waals surface area contributed by atoms with Crippen molar-refractivity contribution in [2.75, 3.05) is 19.5 Å². The highest BCUT2D eigenvalue weighted by Gasteiger charge is 2.28. The van der Waals surface area contributed by atoms with E-state index in [1.807, 2.05) is 25.1 Å². The molecule has 4 aromatic carbocycles. The molecule has 0 amide bonds. The van der Waals surface area contributed by atoms with E-state index in [2.05, 4.69) is 32.2 Å². The van der Waals surface area contributed by atoms with Crippen LogP contribution in [0, 0.1) is 12.7 Å². The molecule has 0 bridgehead atoms. The SMILES string of the molecule is COc1cccc(S(O)(O)Oc2ccc(-c3ccc4c(c3COc3cc(F)ccc3C)C(C)=CC(C)(C)N4)c(OC)c2)c1. The number of hydrogen-bond donors (Lipinski definition) is 3. The van der Waals surface area contributed by atoms with Gasteiger partial charge < -0.3 is 23.7 Å². The van der Waals surface area contributed by atoms with Crippen molar-refractivity contribution in [2.45, 2.75) is 44.7 Å². The number of aryl methyl sites for hydroxylation is 1. The molecule has 4 aromatic rings. The molecule has 3 N–H and O–H groups in total. The maximum Gasteiger partial charge on any atom is 0.161 e. The largest absolute Gasteiger partial charge is 0.497 e. The van der Waals surface area contributed by atoms with E-state index >= 15 is 0 Å². The predicted octanol–water partition coefficient (Wildman–Crippen LogP) is 9.11. The van der Waals surface area contributed by atoms with Crippen molar-refractivity contribution in [1.82, 2.24) is 0 Å². The molecule has 0 spiro atoms. The molecule has 7 nitrogen and oxygen atoms in total. The van der Waals surface area contributed by atoms with E-state index in [-0.39, 0.29) is 28.6 Å². The van der Waals surface area contributed by atoms with Gasteiger partial charge in [-0.15, -0.1) is 0 Å². The molecule has 1 heterocycles. The summed E-state index contributed by atoms with van der Waals surface area (Å²) >= 11 is 0. The molecule has 0 aliphatic carbocycles. The summed E-state index contributed by atoms with van der Waals surface area (Å²) < 4.78 is 58.7. The number of hydrogen-bond acceptors (Lipinski definition) is 7.